The Morgan fingerprint density at radius 3 is 2.55 bits per heavy atom. The molecule has 112 valence electrons. The van der Waals surface area contributed by atoms with Crippen molar-refractivity contribution < 1.29 is 14.0 Å². The second kappa shape index (κ2) is 5.98. The maximum Gasteiger partial charge on any atom is 0.329 e. The molecule has 3 rings (SSSR count). The van der Waals surface area contributed by atoms with Crippen LogP contribution in [0.4, 0.5) is 4.79 Å². The van der Waals surface area contributed by atoms with E-state index in [2.05, 4.69) is 21.2 Å². The van der Waals surface area contributed by atoms with Crippen LogP contribution < -0.4 is 5.32 Å². The number of hydrogen-bond donors (Lipinski definition) is 1. The first-order valence-electron chi connectivity index (χ1n) is 6.37. The first kappa shape index (κ1) is 14.9. The van der Waals surface area contributed by atoms with E-state index in [0.29, 0.717) is 15.5 Å². The van der Waals surface area contributed by atoms with E-state index in [0.717, 1.165) is 10.5 Å². The van der Waals surface area contributed by atoms with E-state index in [1.165, 1.54) is 6.08 Å². The van der Waals surface area contributed by atoms with Gasteiger partial charge in [0.25, 0.3) is 5.91 Å². The maximum atomic E-state index is 12.3. The highest BCUT2D eigenvalue weighted by atomic mass is 79.9. The molecule has 5 nitrogen and oxygen atoms in total. The van der Waals surface area contributed by atoms with Gasteiger partial charge in [-0.2, -0.15) is 0 Å². The summed E-state index contributed by atoms with van der Waals surface area (Å²) in [5.41, 5.74) is 0.996. The molecule has 2 aromatic rings. The van der Waals surface area contributed by atoms with Crippen molar-refractivity contribution in [2.75, 3.05) is 0 Å². The van der Waals surface area contributed by atoms with Gasteiger partial charge in [-0.1, -0.05) is 23.7 Å². The predicted octanol–water partition coefficient (Wildman–Crippen LogP) is 3.79. The number of nitrogens with one attached hydrogen (secondary N) is 1. The smallest absolute Gasteiger partial charge is 0.329 e. The van der Waals surface area contributed by atoms with Crippen LogP contribution in [0.25, 0.3) is 6.08 Å². The van der Waals surface area contributed by atoms with Gasteiger partial charge in [0.15, 0.2) is 4.67 Å². The normalized spacial score (nSPS) is 16.5. The van der Waals surface area contributed by atoms with Crippen LogP contribution >= 0.6 is 27.5 Å². The molecule has 1 aliphatic heterocycles. The Labute approximate surface area is 139 Å². The molecule has 0 atom stereocenters. The van der Waals surface area contributed by atoms with Crippen molar-refractivity contribution in [3.8, 4) is 0 Å². The number of carbonyl (C=O) groups is 2. The van der Waals surface area contributed by atoms with Crippen molar-refractivity contribution in [1.29, 1.82) is 0 Å². The van der Waals surface area contributed by atoms with Crippen LogP contribution in [0, 0.1) is 0 Å². The fourth-order valence-electron chi connectivity index (χ4n) is 2.04. The van der Waals surface area contributed by atoms with Crippen molar-refractivity contribution in [3.63, 3.8) is 0 Å². The molecule has 22 heavy (non-hydrogen) atoms. The Bertz CT molecular complexity index is 767. The van der Waals surface area contributed by atoms with Gasteiger partial charge < -0.3 is 9.73 Å². The molecule has 0 saturated carbocycles. The summed E-state index contributed by atoms with van der Waals surface area (Å²) >= 11 is 9.00. The Hall–Kier alpha value is -2.05. The topological polar surface area (TPSA) is 62.6 Å². The number of rotatable bonds is 3. The van der Waals surface area contributed by atoms with E-state index in [9.17, 15) is 9.59 Å². The fourth-order valence-corrected chi connectivity index (χ4v) is 2.48. The number of amides is 3. The van der Waals surface area contributed by atoms with Crippen LogP contribution in [0.5, 0.6) is 0 Å². The monoisotopic (exact) mass is 380 g/mol. The van der Waals surface area contributed by atoms with Crippen molar-refractivity contribution in [2.45, 2.75) is 6.54 Å². The second-order valence-corrected chi connectivity index (χ2v) is 5.87. The Kier molecular flexibility index (Phi) is 4.04. The van der Waals surface area contributed by atoms with E-state index >= 15 is 0 Å². The minimum absolute atomic E-state index is 0.181. The summed E-state index contributed by atoms with van der Waals surface area (Å²) < 4.78 is 5.85. The molecule has 3 amide bonds. The lowest BCUT2D eigenvalue weighted by molar-refractivity contribution is -0.123. The number of furan rings is 1. The summed E-state index contributed by atoms with van der Waals surface area (Å²) in [6.45, 7) is 0.182. The SMILES string of the molecule is O=C1N/C(=C/c2ccc(Br)o2)C(=O)N1Cc1ccc(Cl)cc1. The third kappa shape index (κ3) is 3.08. The first-order chi connectivity index (χ1) is 10.5. The molecule has 0 unspecified atom stereocenters. The third-order valence-electron chi connectivity index (χ3n) is 3.10. The van der Waals surface area contributed by atoms with Crippen molar-refractivity contribution in [1.82, 2.24) is 10.2 Å². The number of hydrogen-bond acceptors (Lipinski definition) is 3. The highest BCUT2D eigenvalue weighted by molar-refractivity contribution is 9.10. The average molecular weight is 382 g/mol. The molecule has 1 aromatic heterocycles. The molecule has 0 spiro atoms. The lowest BCUT2D eigenvalue weighted by Gasteiger charge is -2.11. The lowest BCUT2D eigenvalue weighted by Crippen LogP contribution is -2.30. The van der Waals surface area contributed by atoms with Gasteiger partial charge in [-0.05, 0) is 45.8 Å². The standard InChI is InChI=1S/C15H10BrClN2O3/c16-13-6-5-11(22-13)7-12-14(20)19(15(21)18-12)8-9-1-3-10(17)4-2-9/h1-7H,8H2,(H,18,21)/b12-7+. The van der Waals surface area contributed by atoms with Gasteiger partial charge in [0.05, 0.1) is 6.54 Å². The van der Waals surface area contributed by atoms with E-state index in [1.54, 1.807) is 36.4 Å². The third-order valence-corrected chi connectivity index (χ3v) is 3.78. The molecule has 1 fully saturated rings. The zero-order valence-corrected chi connectivity index (χ0v) is 13.5. The van der Waals surface area contributed by atoms with E-state index in [4.69, 9.17) is 16.0 Å². The van der Waals surface area contributed by atoms with Crippen LogP contribution in [0.1, 0.15) is 11.3 Å². The van der Waals surface area contributed by atoms with Crippen LogP contribution in [0.15, 0.2) is 51.2 Å². The average Bonchev–Trinajstić information content (AvgIpc) is 3.00. The molecular weight excluding hydrogens is 372 g/mol. The summed E-state index contributed by atoms with van der Waals surface area (Å²) in [4.78, 5) is 25.4. The van der Waals surface area contributed by atoms with Gasteiger partial charge >= 0.3 is 6.03 Å². The molecule has 1 aromatic carbocycles. The van der Waals surface area contributed by atoms with E-state index < -0.39 is 11.9 Å². The number of imide groups is 1. The fraction of sp³-hybridized carbons (Fsp3) is 0.0667. The van der Waals surface area contributed by atoms with Crippen molar-refractivity contribution >= 4 is 45.5 Å². The van der Waals surface area contributed by atoms with Gasteiger partial charge in [-0.15, -0.1) is 0 Å². The molecule has 1 N–H and O–H groups in total. The summed E-state index contributed by atoms with van der Waals surface area (Å²) in [7, 11) is 0. The summed E-state index contributed by atoms with van der Waals surface area (Å²) in [6.07, 6.45) is 1.49. The van der Waals surface area contributed by atoms with E-state index in [-0.39, 0.29) is 12.2 Å². The largest absolute Gasteiger partial charge is 0.450 e. The zero-order valence-electron chi connectivity index (χ0n) is 11.2. The lowest BCUT2D eigenvalue weighted by atomic mass is 10.2. The molecule has 1 saturated heterocycles. The maximum absolute atomic E-state index is 12.3. The molecule has 1 aliphatic rings. The van der Waals surface area contributed by atoms with Crippen molar-refractivity contribution in [2.24, 2.45) is 0 Å². The van der Waals surface area contributed by atoms with Crippen LogP contribution in [-0.2, 0) is 11.3 Å². The molecular formula is C15H10BrClN2O3. The highest BCUT2D eigenvalue weighted by Crippen LogP contribution is 2.20. The zero-order chi connectivity index (χ0) is 15.7. The highest BCUT2D eigenvalue weighted by Gasteiger charge is 2.33. The summed E-state index contributed by atoms with van der Waals surface area (Å²) in [6, 6.07) is 9.91. The molecule has 7 heteroatoms. The molecule has 0 radical (unpaired) electrons. The molecule has 0 aliphatic carbocycles. The van der Waals surface area contributed by atoms with Crippen LogP contribution in [-0.4, -0.2) is 16.8 Å². The van der Waals surface area contributed by atoms with E-state index in [1.807, 2.05) is 0 Å². The minimum Gasteiger partial charge on any atom is -0.450 e. The number of halogens is 2. The summed E-state index contributed by atoms with van der Waals surface area (Å²) in [5.74, 6) is 0.0799. The van der Waals surface area contributed by atoms with Gasteiger partial charge in [0.1, 0.15) is 11.5 Å². The van der Waals surface area contributed by atoms with Crippen LogP contribution in [0.2, 0.25) is 5.02 Å². The second-order valence-electron chi connectivity index (χ2n) is 4.65. The first-order valence-corrected chi connectivity index (χ1v) is 7.54. The number of nitrogens with zero attached hydrogens (tertiary/aromatic N) is 1. The Balaban J connectivity index is 1.79. The number of carbonyl (C=O) groups excluding carboxylic acids is 2. The Morgan fingerprint density at radius 2 is 1.91 bits per heavy atom. The predicted molar refractivity (Wildman–Crippen MR) is 84.9 cm³/mol. The summed E-state index contributed by atoms with van der Waals surface area (Å²) in [5, 5.41) is 3.14. The quantitative estimate of drug-likeness (QED) is 0.650. The minimum atomic E-state index is -0.461. The number of urea groups is 1. The van der Waals surface area contributed by atoms with Crippen LogP contribution in [0.3, 0.4) is 0 Å². The molecule has 0 bridgehead atoms. The van der Waals surface area contributed by atoms with Gasteiger partial charge in [0, 0.05) is 11.1 Å². The van der Waals surface area contributed by atoms with Gasteiger partial charge in [0.2, 0.25) is 0 Å². The number of benzene rings is 1. The van der Waals surface area contributed by atoms with Gasteiger partial charge in [-0.3, -0.25) is 9.69 Å². The molecule has 2 heterocycles. The van der Waals surface area contributed by atoms with Crippen molar-refractivity contribution in [3.05, 3.63) is 63.1 Å². The Morgan fingerprint density at radius 1 is 1.18 bits per heavy atom. The van der Waals surface area contributed by atoms with Gasteiger partial charge in [-0.25, -0.2) is 4.79 Å².